The summed E-state index contributed by atoms with van der Waals surface area (Å²) in [4.78, 5) is 11.7. The van der Waals surface area contributed by atoms with Crippen molar-refractivity contribution in [2.75, 3.05) is 0 Å². The van der Waals surface area contributed by atoms with E-state index in [2.05, 4.69) is 292 Å². The summed E-state index contributed by atoms with van der Waals surface area (Å²) < 4.78 is 9.77. The van der Waals surface area contributed by atoms with E-state index >= 15 is 0 Å². The van der Waals surface area contributed by atoms with Crippen LogP contribution in [0.1, 0.15) is 124 Å². The molecule has 0 saturated heterocycles. The maximum absolute atomic E-state index is 11.7. The van der Waals surface area contributed by atoms with Crippen LogP contribution < -0.4 is 0 Å². The molecule has 0 saturated carbocycles. The minimum Gasteiger partial charge on any atom is -0.507 e. The number of furan rings is 1. The summed E-state index contributed by atoms with van der Waals surface area (Å²) in [6.07, 6.45) is 1.66. The number of aromatic hydroxyl groups is 1. The molecule has 3 heterocycles. The Bertz CT molecular complexity index is 5040. The lowest BCUT2D eigenvalue weighted by atomic mass is 9.81. The fourth-order valence-electron chi connectivity index (χ4n) is 14.6. The van der Waals surface area contributed by atoms with Gasteiger partial charge >= 0.3 is 0 Å². The fourth-order valence-corrected chi connectivity index (χ4v) is 14.6. The molecule has 3 aromatic heterocycles. The van der Waals surface area contributed by atoms with Crippen LogP contribution in [-0.4, -0.2) is 19.6 Å². The van der Waals surface area contributed by atoms with Crippen molar-refractivity contribution < 1.29 is 9.52 Å². The third kappa shape index (κ3) is 10.4. The lowest BCUT2D eigenvalue weighted by molar-refractivity contribution is 0.476. The maximum atomic E-state index is 11.7. The smallest absolute Gasteiger partial charge is 0.164 e. The maximum Gasteiger partial charge on any atom is 0.164 e. The highest BCUT2D eigenvalue weighted by Gasteiger charge is 2.31. The number of phenolic OH excluding ortho intramolecular Hbond substituents is 1. The van der Waals surface area contributed by atoms with Crippen molar-refractivity contribution in [3.05, 3.63) is 275 Å². The molecule has 0 spiro atoms. The number of pyridine rings is 1. The van der Waals surface area contributed by atoms with Gasteiger partial charge in [0.05, 0.1) is 22.4 Å². The molecule has 1 aliphatic rings. The van der Waals surface area contributed by atoms with Crippen molar-refractivity contribution in [3.8, 4) is 112 Å². The van der Waals surface area contributed by atoms with E-state index in [0.29, 0.717) is 29.5 Å². The van der Waals surface area contributed by atoms with Crippen LogP contribution in [0.4, 0.5) is 0 Å². The number of hydrogen-bond donors (Lipinski definition) is 1. The Balaban J connectivity index is 1.14. The Kier molecular flexibility index (Phi) is 15.0. The summed E-state index contributed by atoms with van der Waals surface area (Å²) >= 11 is 0. The summed E-state index contributed by atoms with van der Waals surface area (Å²) in [6.45, 7) is 22.9. The van der Waals surface area contributed by atoms with Crippen molar-refractivity contribution in [2.45, 2.75) is 106 Å². The molecule has 0 atom stereocenters. The summed E-state index contributed by atoms with van der Waals surface area (Å²) in [5, 5.41) is 13.7. The fraction of sp³-hybridized carbons (Fsp3) is 0.182. The number of para-hydroxylation sites is 2. The van der Waals surface area contributed by atoms with E-state index in [1.54, 1.807) is 6.07 Å². The molecule has 1 N–H and O–H groups in total. The number of nitrogens with zero attached hydrogens (tertiary/aromatic N) is 3. The van der Waals surface area contributed by atoms with Gasteiger partial charge in [0.2, 0.25) is 0 Å². The summed E-state index contributed by atoms with van der Waals surface area (Å²) in [5.41, 5.74) is 31.8. The molecule has 0 radical (unpaired) electrons. The van der Waals surface area contributed by atoms with Crippen molar-refractivity contribution in [1.29, 1.82) is 0 Å². The first kappa shape index (κ1) is 59.0. The molecule has 11 aromatic carbocycles. The lowest BCUT2D eigenvalue weighted by Gasteiger charge is -2.23. The van der Waals surface area contributed by atoms with Gasteiger partial charge in [-0.2, -0.15) is 0 Å². The predicted octanol–water partition coefficient (Wildman–Crippen LogP) is 24.2. The van der Waals surface area contributed by atoms with Crippen LogP contribution in [0.15, 0.2) is 235 Å². The number of phenols is 1. The molecule has 456 valence electrons. The van der Waals surface area contributed by atoms with Crippen molar-refractivity contribution in [3.63, 3.8) is 0 Å². The first-order valence-electron chi connectivity index (χ1n) is 33.2. The molecule has 14 aromatic rings. The van der Waals surface area contributed by atoms with Crippen molar-refractivity contribution in [2.24, 2.45) is 0 Å². The number of imidazole rings is 1. The highest BCUT2D eigenvalue weighted by molar-refractivity contribution is 6.17. The quantitative estimate of drug-likeness (QED) is 0.125. The zero-order valence-electron chi connectivity index (χ0n) is 54.9. The normalized spacial score (nSPS) is 12.3. The number of aryl methyl sites for hydroxylation is 4. The molecular formula is C88H77N3O2. The first-order chi connectivity index (χ1) is 45.2. The van der Waals surface area contributed by atoms with Gasteiger partial charge in [-0.15, -0.1) is 0 Å². The minimum atomic E-state index is 0.239. The molecule has 0 unspecified atom stereocenters. The number of aromatic nitrogens is 3. The van der Waals surface area contributed by atoms with E-state index in [4.69, 9.17) is 14.4 Å². The third-order valence-corrected chi connectivity index (χ3v) is 19.6. The molecule has 15 rings (SSSR count). The van der Waals surface area contributed by atoms with Crippen LogP contribution >= 0.6 is 0 Å². The number of hydrogen-bond acceptors (Lipinski definition) is 4. The van der Waals surface area contributed by atoms with E-state index in [1.165, 1.54) is 33.4 Å². The molecule has 93 heavy (non-hydrogen) atoms. The zero-order valence-corrected chi connectivity index (χ0v) is 54.9. The predicted molar refractivity (Wildman–Crippen MR) is 390 cm³/mol. The second-order valence-electron chi connectivity index (χ2n) is 27.0. The second kappa shape index (κ2) is 23.7. The monoisotopic (exact) mass is 1210 g/mol. The largest absolute Gasteiger partial charge is 0.507 e. The minimum absolute atomic E-state index is 0.239. The highest BCUT2D eigenvalue weighted by atomic mass is 16.3. The first-order valence-corrected chi connectivity index (χ1v) is 33.2. The topological polar surface area (TPSA) is 64.1 Å². The van der Waals surface area contributed by atoms with Gasteiger partial charge in [-0.25, -0.2) is 9.97 Å². The Morgan fingerprint density at radius 2 is 0.903 bits per heavy atom. The summed E-state index contributed by atoms with van der Waals surface area (Å²) in [6, 6.07) is 84.8. The van der Waals surface area contributed by atoms with Crippen LogP contribution in [0, 0.1) is 13.8 Å². The molecule has 1 aliphatic carbocycles. The Hall–Kier alpha value is -10.4. The van der Waals surface area contributed by atoms with Gasteiger partial charge in [0.25, 0.3) is 0 Å². The molecule has 0 amide bonds. The molecule has 5 heteroatoms. The van der Waals surface area contributed by atoms with Crippen LogP contribution in [0.5, 0.6) is 5.75 Å². The SMILES string of the molecule is Cc1cccc(C)c1-n1c(-c2ccc3c(n2)-c2c(O)cccc2CC3)nc2c(-c3cc(-c4c(-c5cc(C(C)C)cc(C(C)C)c5)cccc4-c4cc(C(C)C)cc(C(C)C)c4)c4oc5ccccc5c4c3)c(-c3c(-c4ccccc4)cccc3-c3ccccc3)ccc21. The molecule has 0 aliphatic heterocycles. The van der Waals surface area contributed by atoms with E-state index in [1.807, 2.05) is 6.07 Å². The molecular weight excluding hydrogens is 1130 g/mol. The Morgan fingerprint density at radius 1 is 0.387 bits per heavy atom. The molecule has 0 fully saturated rings. The Morgan fingerprint density at radius 3 is 1.48 bits per heavy atom. The van der Waals surface area contributed by atoms with Crippen LogP contribution in [0.25, 0.3) is 139 Å². The van der Waals surface area contributed by atoms with E-state index in [9.17, 15) is 5.11 Å². The van der Waals surface area contributed by atoms with E-state index in [-0.39, 0.29) is 5.75 Å². The third-order valence-electron chi connectivity index (χ3n) is 19.6. The standard InChI is InChI=1S/C88H77N3O2/c1-51(2)61-43-62(52(3)4)46-65(45-61)70-33-22-34-71(66-47-63(53(5)6)44-64(48-66)54(7)8)83(70)75-50-67(49-74-72-30-17-18-36-79(72)93-87(74)75)80-73(82-68(57-25-13-11-14-26-57)31-21-32-69(82)58-27-15-12-16-28-58)40-42-77-85(80)90-88(91(77)86-55(9)23-19-24-56(86)10)76-41-39-60-38-37-59-29-20-35-78(92)81(59)84(60)89-76/h11-36,39-54,92H,37-38H2,1-10H3. The number of benzene rings is 11. The highest BCUT2D eigenvalue weighted by Crippen LogP contribution is 2.53. The average Bonchev–Trinajstić information content (AvgIpc) is 1.63. The van der Waals surface area contributed by atoms with Gasteiger partial charge in [-0.3, -0.25) is 4.57 Å². The molecule has 5 nitrogen and oxygen atoms in total. The second-order valence-corrected chi connectivity index (χ2v) is 27.0. The van der Waals surface area contributed by atoms with Gasteiger partial charge in [0, 0.05) is 33.0 Å². The van der Waals surface area contributed by atoms with Crippen LogP contribution in [0.2, 0.25) is 0 Å². The number of rotatable bonds is 13. The summed E-state index contributed by atoms with van der Waals surface area (Å²) in [7, 11) is 0. The van der Waals surface area contributed by atoms with Crippen molar-refractivity contribution >= 4 is 33.0 Å². The lowest BCUT2D eigenvalue weighted by Crippen LogP contribution is -2.08. The van der Waals surface area contributed by atoms with Crippen LogP contribution in [0.3, 0.4) is 0 Å². The van der Waals surface area contributed by atoms with Gasteiger partial charge in [-0.05, 0) is 192 Å². The van der Waals surface area contributed by atoms with Gasteiger partial charge in [0.15, 0.2) is 5.82 Å². The van der Waals surface area contributed by atoms with Gasteiger partial charge < -0.3 is 9.52 Å². The summed E-state index contributed by atoms with van der Waals surface area (Å²) in [5.74, 6) is 2.18. The van der Waals surface area contributed by atoms with Gasteiger partial charge in [0.1, 0.15) is 22.6 Å². The Labute approximate surface area is 546 Å². The zero-order chi connectivity index (χ0) is 63.9. The van der Waals surface area contributed by atoms with E-state index < -0.39 is 0 Å². The van der Waals surface area contributed by atoms with Crippen LogP contribution in [-0.2, 0) is 12.8 Å². The number of fused-ring (bicyclic) bond motifs is 7. The van der Waals surface area contributed by atoms with E-state index in [0.717, 1.165) is 157 Å². The van der Waals surface area contributed by atoms with Gasteiger partial charge in [-0.1, -0.05) is 250 Å². The van der Waals surface area contributed by atoms with Crippen molar-refractivity contribution in [1.82, 2.24) is 14.5 Å². The average molecular weight is 1210 g/mol. The molecule has 0 bridgehead atoms.